The number of Topliss-reactive ketones (excluding diaryl/α,β-unsaturated/α-hetero) is 1. The van der Waals surface area contributed by atoms with Crippen molar-refractivity contribution in [2.75, 3.05) is 0 Å². The predicted octanol–water partition coefficient (Wildman–Crippen LogP) is 3.13. The standard InChI is InChI=1S/C11H13NOS/c1-8-11(14-7-12-8)10(13)9-5-3-2-4-6-9/h5,7H,2-4,6H2,1H3. The van der Waals surface area contributed by atoms with Gasteiger partial charge in [0.25, 0.3) is 0 Å². The fourth-order valence-electron chi connectivity index (χ4n) is 1.71. The van der Waals surface area contributed by atoms with Crippen molar-refractivity contribution in [3.63, 3.8) is 0 Å². The molecule has 1 aromatic rings. The Morgan fingerprint density at radius 2 is 2.36 bits per heavy atom. The van der Waals surface area contributed by atoms with E-state index >= 15 is 0 Å². The normalized spacial score (nSPS) is 16.5. The van der Waals surface area contributed by atoms with E-state index in [1.54, 1.807) is 5.51 Å². The van der Waals surface area contributed by atoms with E-state index in [0.717, 1.165) is 35.4 Å². The molecule has 1 aliphatic carbocycles. The molecule has 3 heteroatoms. The van der Waals surface area contributed by atoms with Crippen LogP contribution in [0.5, 0.6) is 0 Å². The van der Waals surface area contributed by atoms with Gasteiger partial charge in [0.15, 0.2) is 0 Å². The van der Waals surface area contributed by atoms with Crippen molar-refractivity contribution >= 4 is 17.1 Å². The second-order valence-electron chi connectivity index (χ2n) is 3.57. The first-order valence-electron chi connectivity index (χ1n) is 4.93. The predicted molar refractivity (Wildman–Crippen MR) is 57.7 cm³/mol. The van der Waals surface area contributed by atoms with E-state index in [-0.39, 0.29) is 5.78 Å². The monoisotopic (exact) mass is 207 g/mol. The average molecular weight is 207 g/mol. The highest BCUT2D eigenvalue weighted by Gasteiger charge is 2.17. The van der Waals surface area contributed by atoms with Crippen LogP contribution in [-0.2, 0) is 0 Å². The van der Waals surface area contributed by atoms with Crippen molar-refractivity contribution in [3.8, 4) is 0 Å². The van der Waals surface area contributed by atoms with Gasteiger partial charge in [0, 0.05) is 0 Å². The maximum Gasteiger partial charge on any atom is 0.200 e. The maximum absolute atomic E-state index is 12.0. The highest BCUT2D eigenvalue weighted by Crippen LogP contribution is 2.24. The molecule has 0 saturated carbocycles. The van der Waals surface area contributed by atoms with Crippen LogP contribution < -0.4 is 0 Å². The summed E-state index contributed by atoms with van der Waals surface area (Å²) in [4.78, 5) is 16.9. The van der Waals surface area contributed by atoms with Crippen LogP contribution in [0.25, 0.3) is 0 Å². The van der Waals surface area contributed by atoms with E-state index in [0.29, 0.717) is 0 Å². The molecule has 0 unspecified atom stereocenters. The third-order valence-corrected chi connectivity index (χ3v) is 3.46. The summed E-state index contributed by atoms with van der Waals surface area (Å²) >= 11 is 1.45. The number of rotatable bonds is 2. The van der Waals surface area contributed by atoms with E-state index in [9.17, 15) is 4.79 Å². The molecule has 0 bridgehead atoms. The minimum atomic E-state index is 0.199. The van der Waals surface area contributed by atoms with Crippen LogP contribution >= 0.6 is 11.3 Å². The molecule has 74 valence electrons. The SMILES string of the molecule is Cc1ncsc1C(=O)C1=CCCCC1. The molecule has 0 amide bonds. The lowest BCUT2D eigenvalue weighted by atomic mass is 9.95. The van der Waals surface area contributed by atoms with Crippen LogP contribution in [0.3, 0.4) is 0 Å². The first kappa shape index (κ1) is 9.59. The van der Waals surface area contributed by atoms with Gasteiger partial charge in [-0.25, -0.2) is 4.98 Å². The van der Waals surface area contributed by atoms with Crippen molar-refractivity contribution < 1.29 is 4.79 Å². The number of hydrogen-bond donors (Lipinski definition) is 0. The molecule has 0 saturated heterocycles. The van der Waals surface area contributed by atoms with Crippen molar-refractivity contribution in [1.29, 1.82) is 0 Å². The summed E-state index contributed by atoms with van der Waals surface area (Å²) in [7, 11) is 0. The van der Waals surface area contributed by atoms with Crippen LogP contribution in [0.1, 0.15) is 41.0 Å². The Labute approximate surface area is 87.7 Å². The molecular formula is C11H13NOS. The lowest BCUT2D eigenvalue weighted by Gasteiger charge is -2.10. The minimum Gasteiger partial charge on any atom is -0.288 e. The van der Waals surface area contributed by atoms with Gasteiger partial charge in [0.2, 0.25) is 5.78 Å². The van der Waals surface area contributed by atoms with Gasteiger partial charge in [-0.2, -0.15) is 0 Å². The molecule has 0 N–H and O–H groups in total. The zero-order chi connectivity index (χ0) is 9.97. The molecule has 0 spiro atoms. The Balaban J connectivity index is 2.23. The van der Waals surface area contributed by atoms with Crippen LogP contribution in [0.4, 0.5) is 0 Å². The molecule has 1 heterocycles. The second-order valence-corrected chi connectivity index (χ2v) is 4.43. The Morgan fingerprint density at radius 3 is 2.93 bits per heavy atom. The van der Waals surface area contributed by atoms with Crippen molar-refractivity contribution in [1.82, 2.24) is 4.98 Å². The van der Waals surface area contributed by atoms with E-state index in [1.165, 1.54) is 17.8 Å². The number of carbonyl (C=O) groups excluding carboxylic acids is 1. The first-order valence-corrected chi connectivity index (χ1v) is 5.81. The van der Waals surface area contributed by atoms with Gasteiger partial charge in [-0.05, 0) is 38.2 Å². The molecule has 1 aliphatic rings. The number of ketones is 1. The molecule has 0 aliphatic heterocycles. The van der Waals surface area contributed by atoms with Crippen LogP contribution in [0.15, 0.2) is 17.2 Å². The average Bonchev–Trinajstić information content (AvgIpc) is 2.65. The number of allylic oxidation sites excluding steroid dienone is 2. The molecule has 2 nitrogen and oxygen atoms in total. The molecule has 14 heavy (non-hydrogen) atoms. The Kier molecular flexibility index (Phi) is 2.77. The minimum absolute atomic E-state index is 0.199. The van der Waals surface area contributed by atoms with Gasteiger partial charge >= 0.3 is 0 Å². The topological polar surface area (TPSA) is 30.0 Å². The van der Waals surface area contributed by atoms with Gasteiger partial charge in [0.1, 0.15) is 0 Å². The van der Waals surface area contributed by atoms with Crippen LogP contribution in [0, 0.1) is 6.92 Å². The molecule has 0 radical (unpaired) electrons. The van der Waals surface area contributed by atoms with E-state index in [1.807, 2.05) is 6.92 Å². The number of hydrogen-bond acceptors (Lipinski definition) is 3. The first-order chi connectivity index (χ1) is 6.79. The van der Waals surface area contributed by atoms with Crippen molar-refractivity contribution in [3.05, 3.63) is 27.7 Å². The zero-order valence-electron chi connectivity index (χ0n) is 8.25. The molecule has 0 fully saturated rings. The molecule has 0 aromatic carbocycles. The molecule has 2 rings (SSSR count). The van der Waals surface area contributed by atoms with Gasteiger partial charge in [0.05, 0.1) is 16.1 Å². The number of aryl methyl sites for hydroxylation is 1. The fraction of sp³-hybridized carbons (Fsp3) is 0.455. The smallest absolute Gasteiger partial charge is 0.200 e. The number of nitrogens with zero attached hydrogens (tertiary/aromatic N) is 1. The van der Waals surface area contributed by atoms with E-state index < -0.39 is 0 Å². The summed E-state index contributed by atoms with van der Waals surface area (Å²) in [6.45, 7) is 1.90. The van der Waals surface area contributed by atoms with Crippen LogP contribution in [0.2, 0.25) is 0 Å². The van der Waals surface area contributed by atoms with Gasteiger partial charge in [-0.1, -0.05) is 6.08 Å². The summed E-state index contributed by atoms with van der Waals surface area (Å²) in [6, 6.07) is 0. The third-order valence-electron chi connectivity index (χ3n) is 2.53. The second kappa shape index (κ2) is 4.05. The zero-order valence-corrected chi connectivity index (χ0v) is 9.06. The van der Waals surface area contributed by atoms with Crippen LogP contribution in [-0.4, -0.2) is 10.8 Å². The molecule has 0 atom stereocenters. The summed E-state index contributed by atoms with van der Waals surface area (Å²) in [5.74, 6) is 0.199. The highest BCUT2D eigenvalue weighted by molar-refractivity contribution is 7.12. The summed E-state index contributed by atoms with van der Waals surface area (Å²) in [5, 5.41) is 0. The molecule has 1 aromatic heterocycles. The highest BCUT2D eigenvalue weighted by atomic mass is 32.1. The third kappa shape index (κ3) is 1.77. The fourth-order valence-corrected chi connectivity index (χ4v) is 2.49. The lowest BCUT2D eigenvalue weighted by molar-refractivity contribution is 0.103. The summed E-state index contributed by atoms with van der Waals surface area (Å²) < 4.78 is 0. The van der Waals surface area contributed by atoms with Crippen molar-refractivity contribution in [2.45, 2.75) is 32.6 Å². The van der Waals surface area contributed by atoms with Crippen molar-refractivity contribution in [2.24, 2.45) is 0 Å². The summed E-state index contributed by atoms with van der Waals surface area (Å²) in [5.41, 5.74) is 3.60. The number of thiazole rings is 1. The van der Waals surface area contributed by atoms with E-state index in [2.05, 4.69) is 11.1 Å². The number of aromatic nitrogens is 1. The summed E-state index contributed by atoms with van der Waals surface area (Å²) in [6.07, 6.45) is 6.45. The largest absolute Gasteiger partial charge is 0.288 e. The Hall–Kier alpha value is -0.960. The lowest BCUT2D eigenvalue weighted by Crippen LogP contribution is -2.06. The van der Waals surface area contributed by atoms with Gasteiger partial charge in [-0.15, -0.1) is 11.3 Å². The van der Waals surface area contributed by atoms with Gasteiger partial charge in [-0.3, -0.25) is 4.79 Å². The quantitative estimate of drug-likeness (QED) is 0.697. The number of carbonyl (C=O) groups is 1. The molecular weight excluding hydrogens is 194 g/mol. The maximum atomic E-state index is 12.0. The Morgan fingerprint density at radius 1 is 1.50 bits per heavy atom. The van der Waals surface area contributed by atoms with E-state index in [4.69, 9.17) is 0 Å². The Bertz CT molecular complexity index is 378. The van der Waals surface area contributed by atoms with Gasteiger partial charge < -0.3 is 0 Å².